The van der Waals surface area contributed by atoms with Crippen molar-refractivity contribution in [3.63, 3.8) is 0 Å². The molecule has 0 radical (unpaired) electrons. The summed E-state index contributed by atoms with van der Waals surface area (Å²) >= 11 is 3.45. The van der Waals surface area contributed by atoms with Crippen molar-refractivity contribution >= 4 is 27.7 Å². The summed E-state index contributed by atoms with van der Waals surface area (Å²) in [6, 6.07) is 0. The van der Waals surface area contributed by atoms with Gasteiger partial charge >= 0.3 is 0 Å². The number of nitrogens with zero attached hydrogens (tertiary/aromatic N) is 1. The number of alkyl halides is 1. The summed E-state index contributed by atoms with van der Waals surface area (Å²) in [4.78, 5) is 24.5. The highest BCUT2D eigenvalue weighted by Gasteiger charge is 2.45. The number of halogens is 1. The Labute approximate surface area is 92.0 Å². The number of amides is 2. The lowest BCUT2D eigenvalue weighted by Crippen LogP contribution is -2.43. The van der Waals surface area contributed by atoms with Gasteiger partial charge in [-0.05, 0) is 24.7 Å². The van der Waals surface area contributed by atoms with E-state index in [1.54, 1.807) is 0 Å². The quantitative estimate of drug-likeness (QED) is 0.572. The zero-order chi connectivity index (χ0) is 10.2. The molecule has 0 aromatic carbocycles. The van der Waals surface area contributed by atoms with Crippen molar-refractivity contribution in [2.75, 3.05) is 11.9 Å². The van der Waals surface area contributed by atoms with Gasteiger partial charge in [0.1, 0.15) is 0 Å². The maximum atomic E-state index is 11.5. The summed E-state index contributed by atoms with van der Waals surface area (Å²) in [7, 11) is 0. The van der Waals surface area contributed by atoms with Gasteiger partial charge in [0.05, 0.1) is 0 Å². The molecule has 1 saturated heterocycles. The number of likely N-dealkylation sites (tertiary alicyclic amines) is 1. The van der Waals surface area contributed by atoms with Gasteiger partial charge in [-0.15, -0.1) is 0 Å². The van der Waals surface area contributed by atoms with E-state index < -0.39 is 0 Å². The first-order valence-electron chi connectivity index (χ1n) is 5.06. The van der Waals surface area contributed by atoms with Crippen molar-refractivity contribution in [3.05, 3.63) is 0 Å². The molecular weight excluding hydrogens is 246 g/mol. The molecule has 1 aliphatic carbocycles. The van der Waals surface area contributed by atoms with E-state index in [2.05, 4.69) is 15.9 Å². The molecule has 2 amide bonds. The minimum absolute atomic E-state index is 0.0217. The number of hydrogen-bond donors (Lipinski definition) is 0. The van der Waals surface area contributed by atoms with Crippen LogP contribution in [0.3, 0.4) is 0 Å². The summed E-state index contributed by atoms with van der Waals surface area (Å²) in [6.45, 7) is 0.635. The van der Waals surface area contributed by atoms with Crippen molar-refractivity contribution in [2.45, 2.75) is 32.1 Å². The molecule has 3 nitrogen and oxygen atoms in total. The van der Waals surface area contributed by atoms with Crippen molar-refractivity contribution in [1.82, 2.24) is 4.90 Å². The van der Waals surface area contributed by atoms with E-state index >= 15 is 0 Å². The monoisotopic (exact) mass is 259 g/mol. The first-order chi connectivity index (χ1) is 6.67. The van der Waals surface area contributed by atoms with Crippen LogP contribution in [0.4, 0.5) is 0 Å². The molecule has 0 aromatic heterocycles. The first-order valence-corrected chi connectivity index (χ1v) is 6.18. The Kier molecular flexibility index (Phi) is 2.64. The van der Waals surface area contributed by atoms with E-state index in [1.165, 1.54) is 4.90 Å². The molecule has 2 aliphatic rings. The molecule has 0 aromatic rings. The van der Waals surface area contributed by atoms with E-state index in [0.717, 1.165) is 24.6 Å². The van der Waals surface area contributed by atoms with E-state index in [4.69, 9.17) is 0 Å². The van der Waals surface area contributed by atoms with Crippen LogP contribution in [-0.4, -0.2) is 28.6 Å². The standard InChI is InChI=1S/C10H14BrNO2/c11-6-10(4-5-10)7-12-8(13)2-1-3-9(12)14/h1-7H2. The zero-order valence-corrected chi connectivity index (χ0v) is 9.68. The minimum Gasteiger partial charge on any atom is -0.282 e. The lowest BCUT2D eigenvalue weighted by Gasteiger charge is -2.28. The van der Waals surface area contributed by atoms with Crippen LogP contribution in [0, 0.1) is 5.41 Å². The van der Waals surface area contributed by atoms with Crippen molar-refractivity contribution < 1.29 is 9.59 Å². The highest BCUT2D eigenvalue weighted by Crippen LogP contribution is 2.48. The fourth-order valence-corrected chi connectivity index (χ4v) is 2.56. The molecular formula is C10H14BrNO2. The normalized spacial score (nSPS) is 25.4. The Morgan fingerprint density at radius 1 is 1.21 bits per heavy atom. The summed E-state index contributed by atoms with van der Waals surface area (Å²) in [5.41, 5.74) is 0.211. The van der Waals surface area contributed by atoms with Crippen LogP contribution >= 0.6 is 15.9 Å². The summed E-state index contributed by atoms with van der Waals surface area (Å²) in [6.07, 6.45) is 4.09. The van der Waals surface area contributed by atoms with E-state index in [9.17, 15) is 9.59 Å². The van der Waals surface area contributed by atoms with Gasteiger partial charge in [-0.2, -0.15) is 0 Å². The third kappa shape index (κ3) is 1.85. The Morgan fingerprint density at radius 3 is 2.21 bits per heavy atom. The summed E-state index contributed by atoms with van der Waals surface area (Å²) in [5.74, 6) is 0.0435. The zero-order valence-electron chi connectivity index (χ0n) is 8.09. The molecule has 1 saturated carbocycles. The van der Waals surface area contributed by atoms with Crippen LogP contribution in [0.25, 0.3) is 0 Å². The molecule has 0 N–H and O–H groups in total. The van der Waals surface area contributed by atoms with Crippen molar-refractivity contribution in [3.8, 4) is 0 Å². The number of carbonyl (C=O) groups excluding carboxylic acids is 2. The van der Waals surface area contributed by atoms with Crippen LogP contribution in [0.1, 0.15) is 32.1 Å². The number of hydrogen-bond acceptors (Lipinski definition) is 2. The smallest absolute Gasteiger partial charge is 0.229 e. The largest absolute Gasteiger partial charge is 0.282 e. The molecule has 0 atom stereocenters. The SMILES string of the molecule is O=C1CCCC(=O)N1CC1(CBr)CC1. The van der Waals surface area contributed by atoms with Gasteiger partial charge in [0.15, 0.2) is 0 Å². The van der Waals surface area contributed by atoms with Gasteiger partial charge in [-0.25, -0.2) is 0 Å². The van der Waals surface area contributed by atoms with E-state index in [-0.39, 0.29) is 17.2 Å². The van der Waals surface area contributed by atoms with Crippen molar-refractivity contribution in [2.24, 2.45) is 5.41 Å². The summed E-state index contributed by atoms with van der Waals surface area (Å²) in [5, 5.41) is 0.900. The van der Waals surface area contributed by atoms with E-state index in [1.807, 2.05) is 0 Å². The second-order valence-electron chi connectivity index (χ2n) is 4.36. The molecule has 1 heterocycles. The maximum Gasteiger partial charge on any atom is 0.229 e. The van der Waals surface area contributed by atoms with Gasteiger partial charge in [-0.3, -0.25) is 14.5 Å². The van der Waals surface area contributed by atoms with Crippen LogP contribution in [0.15, 0.2) is 0 Å². The second kappa shape index (κ2) is 3.65. The van der Waals surface area contributed by atoms with Crippen LogP contribution in [0.2, 0.25) is 0 Å². The van der Waals surface area contributed by atoms with E-state index in [0.29, 0.717) is 19.4 Å². The average molecular weight is 260 g/mol. The van der Waals surface area contributed by atoms with Gasteiger partial charge in [0, 0.05) is 24.7 Å². The number of carbonyl (C=O) groups is 2. The van der Waals surface area contributed by atoms with Crippen LogP contribution < -0.4 is 0 Å². The van der Waals surface area contributed by atoms with Crippen LogP contribution in [-0.2, 0) is 9.59 Å². The minimum atomic E-state index is 0.0217. The molecule has 2 fully saturated rings. The third-order valence-electron chi connectivity index (χ3n) is 3.12. The van der Waals surface area contributed by atoms with Gasteiger partial charge in [-0.1, -0.05) is 15.9 Å². The molecule has 14 heavy (non-hydrogen) atoms. The predicted molar refractivity (Wildman–Crippen MR) is 56.0 cm³/mol. The third-order valence-corrected chi connectivity index (χ3v) is 4.31. The van der Waals surface area contributed by atoms with Gasteiger partial charge in [0.25, 0.3) is 0 Å². The molecule has 4 heteroatoms. The molecule has 0 unspecified atom stereocenters. The molecule has 2 rings (SSSR count). The Balaban J connectivity index is 2.01. The first kappa shape index (κ1) is 10.1. The Bertz CT molecular complexity index is 257. The second-order valence-corrected chi connectivity index (χ2v) is 4.92. The Morgan fingerprint density at radius 2 is 1.79 bits per heavy atom. The van der Waals surface area contributed by atoms with Crippen molar-refractivity contribution in [1.29, 1.82) is 0 Å². The topological polar surface area (TPSA) is 37.4 Å². The highest BCUT2D eigenvalue weighted by molar-refractivity contribution is 9.09. The van der Waals surface area contributed by atoms with Gasteiger partial charge < -0.3 is 0 Å². The lowest BCUT2D eigenvalue weighted by atomic mass is 10.1. The molecule has 1 aliphatic heterocycles. The van der Waals surface area contributed by atoms with Gasteiger partial charge in [0.2, 0.25) is 11.8 Å². The van der Waals surface area contributed by atoms with Crippen LogP contribution in [0.5, 0.6) is 0 Å². The fraction of sp³-hybridized carbons (Fsp3) is 0.800. The summed E-state index contributed by atoms with van der Waals surface area (Å²) < 4.78 is 0. The molecule has 78 valence electrons. The predicted octanol–water partition coefficient (Wildman–Crippen LogP) is 1.70. The number of rotatable bonds is 3. The molecule has 0 spiro atoms. The maximum absolute atomic E-state index is 11.5. The average Bonchev–Trinajstić information content (AvgIpc) is 2.93. The Hall–Kier alpha value is -0.380. The fourth-order valence-electron chi connectivity index (χ4n) is 1.82. The number of piperidine rings is 1. The highest BCUT2D eigenvalue weighted by atomic mass is 79.9. The number of imide groups is 1. The lowest BCUT2D eigenvalue weighted by molar-refractivity contribution is -0.148. The molecule has 0 bridgehead atoms.